The van der Waals surface area contributed by atoms with E-state index in [-0.39, 0.29) is 23.3 Å². The van der Waals surface area contributed by atoms with Crippen LogP contribution in [-0.2, 0) is 6.18 Å². The number of phenols is 1. The molecular weight excluding hydrogens is 373 g/mol. The van der Waals surface area contributed by atoms with Gasteiger partial charge in [0.25, 0.3) is 11.8 Å². The maximum atomic E-state index is 12.6. The Kier molecular flexibility index (Phi) is 5.58. The van der Waals surface area contributed by atoms with Gasteiger partial charge >= 0.3 is 6.18 Å². The summed E-state index contributed by atoms with van der Waals surface area (Å²) in [4.78, 5) is 26.3. The molecule has 0 bridgehead atoms. The largest absolute Gasteiger partial charge is 0.508 e. The lowest BCUT2D eigenvalue weighted by Crippen LogP contribution is -2.46. The van der Waals surface area contributed by atoms with Crippen molar-refractivity contribution in [3.8, 4) is 5.75 Å². The average Bonchev–Trinajstić information content (AvgIpc) is 2.67. The summed E-state index contributed by atoms with van der Waals surface area (Å²) < 4.78 is 37.8. The van der Waals surface area contributed by atoms with Crippen LogP contribution in [0.1, 0.15) is 39.1 Å². The number of hydrogen-bond donors (Lipinski definition) is 2. The number of halogens is 3. The predicted octanol–water partition coefficient (Wildman–Crippen LogP) is 3.45. The maximum Gasteiger partial charge on any atom is 0.416 e. The maximum absolute atomic E-state index is 12.6. The van der Waals surface area contributed by atoms with E-state index in [4.69, 9.17) is 0 Å². The van der Waals surface area contributed by atoms with Crippen LogP contribution in [0.15, 0.2) is 48.5 Å². The van der Waals surface area contributed by atoms with E-state index in [0.29, 0.717) is 31.5 Å². The molecule has 1 heterocycles. The third kappa shape index (κ3) is 4.62. The quantitative estimate of drug-likeness (QED) is 0.841. The molecule has 8 heteroatoms. The van der Waals surface area contributed by atoms with Gasteiger partial charge in [-0.25, -0.2) is 0 Å². The Morgan fingerprint density at radius 3 is 2.21 bits per heavy atom. The minimum Gasteiger partial charge on any atom is -0.508 e. The molecule has 0 saturated carbocycles. The van der Waals surface area contributed by atoms with E-state index in [1.165, 1.54) is 12.1 Å². The van der Waals surface area contributed by atoms with E-state index in [0.717, 1.165) is 24.3 Å². The third-order valence-electron chi connectivity index (χ3n) is 4.68. The normalized spacial score (nSPS) is 15.3. The smallest absolute Gasteiger partial charge is 0.416 e. The van der Waals surface area contributed by atoms with Crippen LogP contribution in [0, 0.1) is 0 Å². The first-order valence-corrected chi connectivity index (χ1v) is 8.80. The van der Waals surface area contributed by atoms with E-state index in [1.807, 2.05) is 0 Å². The zero-order chi connectivity index (χ0) is 20.3. The van der Waals surface area contributed by atoms with Crippen molar-refractivity contribution in [3.05, 3.63) is 65.2 Å². The SMILES string of the molecule is O=C(NC1CCN(C(=O)c2cccc(O)c2)CC1)c1ccc(C(F)(F)F)cc1. The van der Waals surface area contributed by atoms with Gasteiger partial charge < -0.3 is 15.3 Å². The number of alkyl halides is 3. The van der Waals surface area contributed by atoms with Gasteiger partial charge in [0, 0.05) is 30.3 Å². The zero-order valence-corrected chi connectivity index (χ0v) is 14.9. The molecule has 2 aromatic carbocycles. The molecule has 0 aliphatic carbocycles. The van der Waals surface area contributed by atoms with E-state index in [9.17, 15) is 27.9 Å². The number of benzene rings is 2. The fourth-order valence-electron chi connectivity index (χ4n) is 3.13. The molecule has 2 aromatic rings. The van der Waals surface area contributed by atoms with Gasteiger partial charge in [-0.15, -0.1) is 0 Å². The fraction of sp³-hybridized carbons (Fsp3) is 0.300. The number of nitrogens with one attached hydrogen (secondary N) is 1. The lowest BCUT2D eigenvalue weighted by atomic mass is 10.0. The first-order chi connectivity index (χ1) is 13.2. The van der Waals surface area contributed by atoms with E-state index < -0.39 is 17.6 Å². The number of nitrogens with zero attached hydrogens (tertiary/aromatic N) is 1. The molecule has 1 fully saturated rings. The molecule has 148 valence electrons. The Labute approximate surface area is 159 Å². The number of hydrogen-bond acceptors (Lipinski definition) is 3. The second-order valence-corrected chi connectivity index (χ2v) is 6.67. The lowest BCUT2D eigenvalue weighted by molar-refractivity contribution is -0.137. The van der Waals surface area contributed by atoms with Crippen LogP contribution in [0.4, 0.5) is 13.2 Å². The first kappa shape index (κ1) is 19.7. The van der Waals surface area contributed by atoms with Crippen molar-refractivity contribution in [2.45, 2.75) is 25.1 Å². The highest BCUT2D eigenvalue weighted by atomic mass is 19.4. The van der Waals surface area contributed by atoms with Crippen LogP contribution in [0.5, 0.6) is 5.75 Å². The number of phenolic OH excluding ortho intramolecular Hbond substituents is 1. The Morgan fingerprint density at radius 1 is 1.00 bits per heavy atom. The van der Waals surface area contributed by atoms with Crippen LogP contribution in [-0.4, -0.2) is 41.0 Å². The van der Waals surface area contributed by atoms with Gasteiger partial charge in [0.1, 0.15) is 5.75 Å². The minimum atomic E-state index is -4.44. The molecule has 3 rings (SSSR count). The second kappa shape index (κ2) is 7.92. The van der Waals surface area contributed by atoms with Crippen LogP contribution in [0.2, 0.25) is 0 Å². The molecular formula is C20H19F3N2O3. The van der Waals surface area contributed by atoms with Gasteiger partial charge in [0.15, 0.2) is 0 Å². The number of rotatable bonds is 3. The number of carbonyl (C=O) groups excluding carboxylic acids is 2. The van der Waals surface area contributed by atoms with Gasteiger partial charge in [-0.05, 0) is 55.3 Å². The topological polar surface area (TPSA) is 69.6 Å². The fourth-order valence-corrected chi connectivity index (χ4v) is 3.13. The summed E-state index contributed by atoms with van der Waals surface area (Å²) >= 11 is 0. The monoisotopic (exact) mass is 392 g/mol. The third-order valence-corrected chi connectivity index (χ3v) is 4.68. The molecule has 0 radical (unpaired) electrons. The predicted molar refractivity (Wildman–Crippen MR) is 95.9 cm³/mol. The highest BCUT2D eigenvalue weighted by Gasteiger charge is 2.30. The Balaban J connectivity index is 1.54. The first-order valence-electron chi connectivity index (χ1n) is 8.80. The minimum absolute atomic E-state index is 0.0181. The summed E-state index contributed by atoms with van der Waals surface area (Å²) in [5, 5.41) is 12.3. The summed E-state index contributed by atoms with van der Waals surface area (Å²) in [5.41, 5.74) is -0.249. The number of piperidine rings is 1. The van der Waals surface area contributed by atoms with Crippen LogP contribution in [0.25, 0.3) is 0 Å². The van der Waals surface area contributed by atoms with Crippen molar-refractivity contribution in [2.24, 2.45) is 0 Å². The summed E-state index contributed by atoms with van der Waals surface area (Å²) in [6.07, 6.45) is -3.36. The van der Waals surface area contributed by atoms with Gasteiger partial charge in [-0.1, -0.05) is 6.07 Å². The van der Waals surface area contributed by atoms with Crippen LogP contribution < -0.4 is 5.32 Å². The Morgan fingerprint density at radius 2 is 1.64 bits per heavy atom. The molecule has 0 spiro atoms. The van der Waals surface area contributed by atoms with Crippen LogP contribution in [0.3, 0.4) is 0 Å². The van der Waals surface area contributed by atoms with E-state index >= 15 is 0 Å². The van der Waals surface area contributed by atoms with Crippen molar-refractivity contribution in [1.29, 1.82) is 0 Å². The van der Waals surface area contributed by atoms with Crippen LogP contribution >= 0.6 is 0 Å². The Hall–Kier alpha value is -3.03. The van der Waals surface area contributed by atoms with Gasteiger partial charge in [-0.2, -0.15) is 13.2 Å². The Bertz CT molecular complexity index is 858. The zero-order valence-electron chi connectivity index (χ0n) is 14.9. The molecule has 0 unspecified atom stereocenters. The molecule has 2 N–H and O–H groups in total. The van der Waals surface area contributed by atoms with Gasteiger partial charge in [-0.3, -0.25) is 9.59 Å². The molecule has 5 nitrogen and oxygen atoms in total. The van der Waals surface area contributed by atoms with Gasteiger partial charge in [0.05, 0.1) is 5.56 Å². The molecule has 0 aromatic heterocycles. The van der Waals surface area contributed by atoms with E-state index in [1.54, 1.807) is 17.0 Å². The average molecular weight is 392 g/mol. The second-order valence-electron chi connectivity index (χ2n) is 6.67. The van der Waals surface area contributed by atoms with Crippen molar-refractivity contribution >= 4 is 11.8 Å². The number of likely N-dealkylation sites (tertiary alicyclic amines) is 1. The van der Waals surface area contributed by atoms with Crippen molar-refractivity contribution < 1.29 is 27.9 Å². The molecule has 1 saturated heterocycles. The van der Waals surface area contributed by atoms with Crippen molar-refractivity contribution in [2.75, 3.05) is 13.1 Å². The molecule has 2 amide bonds. The van der Waals surface area contributed by atoms with E-state index in [2.05, 4.69) is 5.32 Å². The van der Waals surface area contributed by atoms with Gasteiger partial charge in [0.2, 0.25) is 0 Å². The summed E-state index contributed by atoms with van der Waals surface area (Å²) in [6, 6.07) is 10.0. The standard InChI is InChI=1S/C20H19F3N2O3/c21-20(22,23)15-6-4-13(5-7-15)18(27)24-16-8-10-25(11-9-16)19(28)14-2-1-3-17(26)12-14/h1-7,12,16,26H,8-11H2,(H,24,27). The van der Waals surface area contributed by atoms with Crippen molar-refractivity contribution in [3.63, 3.8) is 0 Å². The molecule has 1 aliphatic rings. The number of aromatic hydroxyl groups is 1. The lowest BCUT2D eigenvalue weighted by Gasteiger charge is -2.32. The molecule has 0 atom stereocenters. The molecule has 1 aliphatic heterocycles. The summed E-state index contributed by atoms with van der Waals surface area (Å²) in [6.45, 7) is 0.874. The number of carbonyl (C=O) groups is 2. The van der Waals surface area contributed by atoms with Crippen molar-refractivity contribution in [1.82, 2.24) is 10.2 Å². The number of amides is 2. The highest BCUT2D eigenvalue weighted by molar-refractivity contribution is 5.95. The summed E-state index contributed by atoms with van der Waals surface area (Å²) in [5.74, 6) is -0.612. The highest BCUT2D eigenvalue weighted by Crippen LogP contribution is 2.29. The summed E-state index contributed by atoms with van der Waals surface area (Å²) in [7, 11) is 0. The molecule has 28 heavy (non-hydrogen) atoms.